The summed E-state index contributed by atoms with van der Waals surface area (Å²) in [4.78, 5) is 31.1. The van der Waals surface area contributed by atoms with Gasteiger partial charge >= 0.3 is 12.2 Å². The first-order valence-corrected chi connectivity index (χ1v) is 16.6. The first-order valence-electron chi connectivity index (χ1n) is 16.6. The van der Waals surface area contributed by atoms with E-state index in [1.807, 2.05) is 41.5 Å². The average molecular weight is 675 g/mol. The largest absolute Gasteiger partial charge is 1.00 e. The predicted octanol–water partition coefficient (Wildman–Crippen LogP) is 3.60. The lowest BCUT2D eigenvalue weighted by atomic mass is 9.91. The second-order valence-electron chi connectivity index (χ2n) is 14.6. The summed E-state index contributed by atoms with van der Waals surface area (Å²) in [7, 11) is 0. The molecule has 3 heterocycles. The van der Waals surface area contributed by atoms with Gasteiger partial charge in [0, 0.05) is 60.5 Å². The molecule has 2 saturated heterocycles. The van der Waals surface area contributed by atoms with Crippen molar-refractivity contribution in [3.05, 3.63) is 71.6 Å². The molecule has 0 radical (unpaired) electrons. The molecule has 2 amide bonds. The number of rotatable bonds is 2. The van der Waals surface area contributed by atoms with E-state index in [-0.39, 0.29) is 24.6 Å². The zero-order valence-electron chi connectivity index (χ0n) is 29.1. The highest BCUT2D eigenvalue weighted by atomic mass is 35.5. The summed E-state index contributed by atoms with van der Waals surface area (Å²) in [6, 6.07) is 21.4. The van der Waals surface area contributed by atoms with Crippen LogP contribution in [-0.2, 0) is 9.47 Å². The molecule has 2 fully saturated rings. The minimum atomic E-state index is -0.514. The Morgan fingerprint density at radius 2 is 1.33 bits per heavy atom. The van der Waals surface area contributed by atoms with E-state index >= 15 is 0 Å². The number of nitrogens with zero attached hydrogens (tertiary/aromatic N) is 4. The van der Waals surface area contributed by atoms with Crippen molar-refractivity contribution in [2.75, 3.05) is 57.3 Å². The second-order valence-corrected chi connectivity index (χ2v) is 14.6. The van der Waals surface area contributed by atoms with E-state index in [0.717, 1.165) is 38.9 Å². The Balaban J connectivity index is 0.00000451. The molecule has 0 unspecified atom stereocenters. The lowest BCUT2D eigenvalue weighted by molar-refractivity contribution is -0.0000952. The van der Waals surface area contributed by atoms with Crippen LogP contribution in [0.15, 0.2) is 65.1 Å². The molecule has 4 aliphatic rings. The van der Waals surface area contributed by atoms with Crippen LogP contribution in [-0.4, -0.2) is 85.5 Å². The van der Waals surface area contributed by atoms with E-state index in [9.17, 15) is 9.59 Å². The van der Waals surface area contributed by atoms with E-state index in [1.54, 1.807) is 9.80 Å². The Morgan fingerprint density at radius 3 is 1.94 bits per heavy atom. The third kappa shape index (κ3) is 7.73. The van der Waals surface area contributed by atoms with E-state index < -0.39 is 11.2 Å². The summed E-state index contributed by atoms with van der Waals surface area (Å²) in [6.45, 7) is 18.7. The van der Waals surface area contributed by atoms with Crippen molar-refractivity contribution in [3.63, 3.8) is 0 Å². The Kier molecular flexibility index (Phi) is 10.0. The van der Waals surface area contributed by atoms with Gasteiger partial charge in [-0.15, -0.1) is 0 Å². The normalized spacial score (nSPS) is 15.8. The number of benzene rings is 3. The Hall–Kier alpha value is -4.24. The van der Waals surface area contributed by atoms with Crippen molar-refractivity contribution < 1.29 is 35.9 Å². The third-order valence-electron chi connectivity index (χ3n) is 8.70. The maximum absolute atomic E-state index is 12.6. The number of ether oxygens (including phenoxy) is 2. The molecule has 2 aromatic carbocycles. The lowest BCUT2D eigenvalue weighted by Gasteiger charge is -2.36. The first kappa shape index (κ1) is 35.1. The van der Waals surface area contributed by atoms with Gasteiger partial charge in [0.05, 0.1) is 19.2 Å². The predicted molar refractivity (Wildman–Crippen MR) is 186 cm³/mol. The van der Waals surface area contributed by atoms with Gasteiger partial charge in [0.2, 0.25) is 5.36 Å². The van der Waals surface area contributed by atoms with Gasteiger partial charge in [-0.1, -0.05) is 24.3 Å². The molecule has 2 aromatic rings. The van der Waals surface area contributed by atoms with Gasteiger partial charge in [0.25, 0.3) is 0 Å². The molecule has 0 atom stereocenters. The van der Waals surface area contributed by atoms with Crippen LogP contribution in [0.25, 0.3) is 33.4 Å². The van der Waals surface area contributed by atoms with Crippen molar-refractivity contribution >= 4 is 28.8 Å². The minimum Gasteiger partial charge on any atom is -1.00 e. The fourth-order valence-corrected chi connectivity index (χ4v) is 6.35. The smallest absolute Gasteiger partial charge is 0.410 e. The van der Waals surface area contributed by atoms with Crippen LogP contribution in [0.3, 0.4) is 0 Å². The summed E-state index contributed by atoms with van der Waals surface area (Å²) < 4.78 is 20.2. The highest BCUT2D eigenvalue weighted by Gasteiger charge is 2.29. The monoisotopic (exact) mass is 674 g/mol. The number of hydrogen-bond acceptors (Lipinski definition) is 6. The maximum Gasteiger partial charge on any atom is 0.410 e. The number of amides is 2. The molecule has 256 valence electrons. The molecule has 3 aliphatic heterocycles. The molecular weight excluding hydrogens is 628 g/mol. The van der Waals surface area contributed by atoms with Gasteiger partial charge in [0.15, 0.2) is 13.1 Å². The lowest BCUT2D eigenvalue weighted by Crippen LogP contribution is -3.00. The molecule has 0 saturated carbocycles. The summed E-state index contributed by atoms with van der Waals surface area (Å²) in [5.41, 5.74) is 5.44. The van der Waals surface area contributed by atoms with E-state index in [1.165, 1.54) is 11.1 Å². The minimum absolute atomic E-state index is 0. The highest BCUT2D eigenvalue weighted by molar-refractivity contribution is 6.03. The van der Waals surface area contributed by atoms with Crippen molar-refractivity contribution in [1.82, 2.24) is 14.4 Å². The summed E-state index contributed by atoms with van der Waals surface area (Å²) in [5.74, 6) is 0.815. The number of carbonyl (C=O) groups is 2. The standard InChI is InChI=1S/C38H47N4O5.ClH/c1-26-10-8-9-11-29(26)34-30-14-12-27(39-16-20-41(21-17-39)35(43)46-37(2,3)4)24-32(30)45-33-25-28(13-15-31(33)34)40-18-22-42(23-19-40)36(44)47-38(5,6)7;/h8-15,24-25H,16-23H2,1-7H3;1H/q+1;/p-1. The summed E-state index contributed by atoms with van der Waals surface area (Å²) in [6.07, 6.45) is -0.524. The van der Waals surface area contributed by atoms with E-state index in [2.05, 4.69) is 77.1 Å². The van der Waals surface area contributed by atoms with Gasteiger partial charge < -0.3 is 36.1 Å². The molecule has 0 aromatic heterocycles. The number of hydrogen-bond donors (Lipinski definition) is 0. The zero-order chi connectivity index (χ0) is 33.5. The number of piperazine rings is 2. The third-order valence-corrected chi connectivity index (χ3v) is 8.70. The van der Waals surface area contributed by atoms with Crippen LogP contribution in [0.2, 0.25) is 0 Å². The van der Waals surface area contributed by atoms with E-state index in [0.29, 0.717) is 52.4 Å². The SMILES string of the molecule is Cc1ccccc1-c1c2ccc(=[N+]3CCN(C(=O)OC(C)(C)C)CC3)cc-2oc2cc(N3CCN(C(=O)OC(C)(C)C)CC3)ccc12.[Cl-]. The maximum atomic E-state index is 12.6. The summed E-state index contributed by atoms with van der Waals surface area (Å²) in [5, 5.41) is 2.12. The molecule has 0 N–H and O–H groups in total. The van der Waals surface area contributed by atoms with Crippen molar-refractivity contribution in [1.29, 1.82) is 0 Å². The van der Waals surface area contributed by atoms with Gasteiger partial charge in [-0.3, -0.25) is 4.90 Å². The average Bonchev–Trinajstić information content (AvgIpc) is 3.02. The van der Waals surface area contributed by atoms with Crippen LogP contribution in [0.5, 0.6) is 0 Å². The molecular formula is C38H47ClN4O5. The molecule has 6 rings (SSSR count). The fourth-order valence-electron chi connectivity index (χ4n) is 6.35. The van der Waals surface area contributed by atoms with Crippen molar-refractivity contribution in [2.45, 2.75) is 59.7 Å². The van der Waals surface area contributed by atoms with Crippen LogP contribution < -0.4 is 27.2 Å². The number of aryl methyl sites for hydroxylation is 1. The van der Waals surface area contributed by atoms with E-state index in [4.69, 9.17) is 13.9 Å². The highest BCUT2D eigenvalue weighted by Crippen LogP contribution is 2.42. The topological polar surface area (TPSA) is 78.5 Å². The van der Waals surface area contributed by atoms with Crippen molar-refractivity contribution in [2.24, 2.45) is 0 Å². The van der Waals surface area contributed by atoms with Crippen LogP contribution in [0.1, 0.15) is 47.1 Å². The van der Waals surface area contributed by atoms with Gasteiger partial charge in [0.1, 0.15) is 22.5 Å². The van der Waals surface area contributed by atoms with Crippen molar-refractivity contribution in [3.8, 4) is 22.5 Å². The van der Waals surface area contributed by atoms with Gasteiger partial charge in [-0.2, -0.15) is 0 Å². The Bertz CT molecular complexity index is 1840. The summed E-state index contributed by atoms with van der Waals surface area (Å²) >= 11 is 0. The molecule has 10 heteroatoms. The van der Waals surface area contributed by atoms with Crippen LogP contribution in [0.4, 0.5) is 15.3 Å². The quantitative estimate of drug-likeness (QED) is 0.239. The number of halogens is 1. The molecule has 0 spiro atoms. The number of carbonyl (C=O) groups excluding carboxylic acids is 2. The molecule has 48 heavy (non-hydrogen) atoms. The molecule has 9 nitrogen and oxygen atoms in total. The zero-order valence-corrected chi connectivity index (χ0v) is 29.9. The molecule has 0 bridgehead atoms. The fraction of sp³-hybridized carbons (Fsp3) is 0.447. The number of anilines is 1. The Labute approximate surface area is 289 Å². The second kappa shape index (κ2) is 13.7. The van der Waals surface area contributed by atoms with Crippen LogP contribution >= 0.6 is 0 Å². The van der Waals surface area contributed by atoms with Crippen LogP contribution in [0, 0.1) is 6.92 Å². The van der Waals surface area contributed by atoms with Gasteiger partial charge in [-0.05, 0) is 77.8 Å². The Morgan fingerprint density at radius 1 is 0.729 bits per heavy atom. The first-order chi connectivity index (χ1) is 22.3. The molecule has 1 aliphatic carbocycles. The van der Waals surface area contributed by atoms with Gasteiger partial charge in [-0.25, -0.2) is 14.2 Å². The number of fused-ring (bicyclic) bond motifs is 2.